The summed E-state index contributed by atoms with van der Waals surface area (Å²) < 4.78 is 14.2. The number of nitrogens with zero attached hydrogens (tertiary/aromatic N) is 2. The molecule has 1 heterocycles. The first-order chi connectivity index (χ1) is 9.52. The topological polar surface area (TPSA) is 51.8 Å². The van der Waals surface area contributed by atoms with E-state index in [4.69, 9.17) is 5.73 Å². The minimum atomic E-state index is -0.297. The van der Waals surface area contributed by atoms with Gasteiger partial charge >= 0.3 is 0 Å². The molecular weight excluding hydrogens is 321 g/mol. The number of hydrogen-bond acceptors (Lipinski definition) is 3. The maximum Gasteiger partial charge on any atom is 0.160 e. The summed E-state index contributed by atoms with van der Waals surface area (Å²) in [4.78, 5) is 9.02. The standard InChI is InChI=1S/C15H17BrFN3/c1-9-12(4-3-7-18)10(2)20-15(19-9)13-8-11(17)5-6-14(13)16/h5-6,8H,3-4,7,18H2,1-2H3. The zero-order valence-electron chi connectivity index (χ0n) is 11.6. The molecule has 20 heavy (non-hydrogen) atoms. The number of aromatic nitrogens is 2. The van der Waals surface area contributed by atoms with Crippen LogP contribution in [0.3, 0.4) is 0 Å². The summed E-state index contributed by atoms with van der Waals surface area (Å²) in [5, 5.41) is 0. The van der Waals surface area contributed by atoms with E-state index in [0.29, 0.717) is 17.9 Å². The van der Waals surface area contributed by atoms with Crippen LogP contribution in [0.4, 0.5) is 4.39 Å². The lowest BCUT2D eigenvalue weighted by Crippen LogP contribution is -2.06. The molecule has 0 aliphatic carbocycles. The predicted octanol–water partition coefficient (Wildman–Crippen LogP) is 3.55. The second-order valence-electron chi connectivity index (χ2n) is 4.71. The zero-order chi connectivity index (χ0) is 14.7. The van der Waals surface area contributed by atoms with E-state index in [9.17, 15) is 4.39 Å². The van der Waals surface area contributed by atoms with Gasteiger partial charge in [0.05, 0.1) is 0 Å². The molecule has 3 nitrogen and oxygen atoms in total. The molecular formula is C15H17BrFN3. The highest BCUT2D eigenvalue weighted by Crippen LogP contribution is 2.27. The second kappa shape index (κ2) is 6.41. The Morgan fingerprint density at radius 3 is 2.45 bits per heavy atom. The minimum absolute atomic E-state index is 0.297. The van der Waals surface area contributed by atoms with Crippen molar-refractivity contribution in [2.45, 2.75) is 26.7 Å². The van der Waals surface area contributed by atoms with Gasteiger partial charge in [-0.25, -0.2) is 14.4 Å². The first-order valence-corrected chi connectivity index (χ1v) is 7.32. The molecule has 0 amide bonds. The van der Waals surface area contributed by atoms with Crippen molar-refractivity contribution in [3.8, 4) is 11.4 Å². The summed E-state index contributed by atoms with van der Waals surface area (Å²) in [5.41, 5.74) is 9.20. The van der Waals surface area contributed by atoms with E-state index in [1.54, 1.807) is 6.07 Å². The largest absolute Gasteiger partial charge is 0.330 e. The van der Waals surface area contributed by atoms with Gasteiger partial charge in [-0.1, -0.05) is 15.9 Å². The number of halogens is 2. The molecule has 0 bridgehead atoms. The van der Waals surface area contributed by atoms with Gasteiger partial charge in [0, 0.05) is 21.4 Å². The summed E-state index contributed by atoms with van der Waals surface area (Å²) in [6.45, 7) is 4.56. The molecule has 0 atom stereocenters. The molecule has 0 fully saturated rings. The zero-order valence-corrected chi connectivity index (χ0v) is 13.2. The number of nitrogens with two attached hydrogens (primary N) is 1. The van der Waals surface area contributed by atoms with Gasteiger partial charge in [0.2, 0.25) is 0 Å². The van der Waals surface area contributed by atoms with Crippen molar-refractivity contribution in [2.24, 2.45) is 5.73 Å². The fraction of sp³-hybridized carbons (Fsp3) is 0.333. The van der Waals surface area contributed by atoms with Crippen molar-refractivity contribution >= 4 is 15.9 Å². The predicted molar refractivity (Wildman–Crippen MR) is 82.0 cm³/mol. The fourth-order valence-corrected chi connectivity index (χ4v) is 2.59. The number of rotatable bonds is 4. The molecule has 0 unspecified atom stereocenters. The Hall–Kier alpha value is -1.33. The minimum Gasteiger partial charge on any atom is -0.330 e. The Morgan fingerprint density at radius 2 is 1.85 bits per heavy atom. The third-order valence-electron chi connectivity index (χ3n) is 3.22. The highest BCUT2D eigenvalue weighted by atomic mass is 79.9. The van der Waals surface area contributed by atoms with Crippen LogP contribution in [0, 0.1) is 19.7 Å². The molecule has 5 heteroatoms. The molecule has 0 aliphatic heterocycles. The highest BCUT2D eigenvalue weighted by Gasteiger charge is 2.12. The quantitative estimate of drug-likeness (QED) is 0.928. The van der Waals surface area contributed by atoms with E-state index in [-0.39, 0.29) is 5.82 Å². The maximum absolute atomic E-state index is 13.4. The molecule has 1 aromatic carbocycles. The Labute approximate surface area is 126 Å². The van der Waals surface area contributed by atoms with Gasteiger partial charge in [0.15, 0.2) is 5.82 Å². The molecule has 2 aromatic rings. The summed E-state index contributed by atoms with van der Waals surface area (Å²) in [6, 6.07) is 4.52. The van der Waals surface area contributed by atoms with Crippen molar-refractivity contribution < 1.29 is 4.39 Å². The lowest BCUT2D eigenvalue weighted by atomic mass is 10.1. The molecule has 0 aliphatic rings. The van der Waals surface area contributed by atoms with Gasteiger partial charge in [0.1, 0.15) is 5.82 Å². The lowest BCUT2D eigenvalue weighted by molar-refractivity contribution is 0.628. The Kier molecular flexibility index (Phi) is 4.83. The highest BCUT2D eigenvalue weighted by molar-refractivity contribution is 9.10. The van der Waals surface area contributed by atoms with E-state index in [2.05, 4.69) is 25.9 Å². The van der Waals surface area contributed by atoms with Crippen LogP contribution >= 0.6 is 15.9 Å². The molecule has 0 saturated heterocycles. The van der Waals surface area contributed by atoms with Crippen LogP contribution in [-0.2, 0) is 6.42 Å². The van der Waals surface area contributed by atoms with Gasteiger partial charge in [0.25, 0.3) is 0 Å². The van der Waals surface area contributed by atoms with Crippen LogP contribution in [0.25, 0.3) is 11.4 Å². The normalized spacial score (nSPS) is 10.8. The average molecular weight is 338 g/mol. The van der Waals surface area contributed by atoms with Crippen molar-refractivity contribution in [1.29, 1.82) is 0 Å². The van der Waals surface area contributed by atoms with Crippen LogP contribution < -0.4 is 5.73 Å². The summed E-state index contributed by atoms with van der Waals surface area (Å²) in [6.07, 6.45) is 1.78. The van der Waals surface area contributed by atoms with Crippen LogP contribution in [0.1, 0.15) is 23.4 Å². The summed E-state index contributed by atoms with van der Waals surface area (Å²) >= 11 is 3.41. The maximum atomic E-state index is 13.4. The van der Waals surface area contributed by atoms with Gasteiger partial charge in [-0.05, 0) is 57.0 Å². The first-order valence-electron chi connectivity index (χ1n) is 6.52. The van der Waals surface area contributed by atoms with Gasteiger partial charge in [-0.2, -0.15) is 0 Å². The Bertz CT molecular complexity index is 606. The van der Waals surface area contributed by atoms with E-state index < -0.39 is 0 Å². The molecule has 0 radical (unpaired) electrons. The number of benzene rings is 1. The van der Waals surface area contributed by atoms with Gasteiger partial charge < -0.3 is 5.73 Å². The molecule has 106 valence electrons. The number of hydrogen-bond donors (Lipinski definition) is 1. The van der Waals surface area contributed by atoms with Crippen LogP contribution in [-0.4, -0.2) is 16.5 Å². The van der Waals surface area contributed by atoms with Crippen molar-refractivity contribution in [2.75, 3.05) is 6.54 Å². The van der Waals surface area contributed by atoms with E-state index >= 15 is 0 Å². The Balaban J connectivity index is 2.46. The molecule has 0 saturated carbocycles. The van der Waals surface area contributed by atoms with Gasteiger partial charge in [-0.15, -0.1) is 0 Å². The van der Waals surface area contributed by atoms with Crippen LogP contribution in [0.2, 0.25) is 0 Å². The first kappa shape index (κ1) is 15.1. The van der Waals surface area contributed by atoms with Gasteiger partial charge in [-0.3, -0.25) is 0 Å². The molecule has 1 aromatic heterocycles. The number of aryl methyl sites for hydroxylation is 2. The summed E-state index contributed by atoms with van der Waals surface area (Å²) in [7, 11) is 0. The monoisotopic (exact) mass is 337 g/mol. The third kappa shape index (κ3) is 3.22. The van der Waals surface area contributed by atoms with Crippen LogP contribution in [0.15, 0.2) is 22.7 Å². The van der Waals surface area contributed by atoms with E-state index in [1.807, 2.05) is 13.8 Å². The van der Waals surface area contributed by atoms with Crippen LogP contribution in [0.5, 0.6) is 0 Å². The Morgan fingerprint density at radius 1 is 1.20 bits per heavy atom. The van der Waals surface area contributed by atoms with Crippen molar-refractivity contribution in [1.82, 2.24) is 9.97 Å². The third-order valence-corrected chi connectivity index (χ3v) is 3.91. The average Bonchev–Trinajstić information content (AvgIpc) is 2.40. The molecule has 0 spiro atoms. The van der Waals surface area contributed by atoms with Crippen molar-refractivity contribution in [3.05, 3.63) is 45.4 Å². The van der Waals surface area contributed by atoms with Crippen molar-refractivity contribution in [3.63, 3.8) is 0 Å². The molecule has 2 N–H and O–H groups in total. The lowest BCUT2D eigenvalue weighted by Gasteiger charge is -2.11. The fourth-order valence-electron chi connectivity index (χ4n) is 2.17. The SMILES string of the molecule is Cc1nc(-c2cc(F)ccc2Br)nc(C)c1CCCN. The second-order valence-corrected chi connectivity index (χ2v) is 5.57. The van der Waals surface area contributed by atoms with E-state index in [1.165, 1.54) is 12.1 Å². The molecule has 2 rings (SSSR count). The van der Waals surface area contributed by atoms with E-state index in [0.717, 1.165) is 34.3 Å². The smallest absolute Gasteiger partial charge is 0.160 e. The summed E-state index contributed by atoms with van der Waals surface area (Å²) in [5.74, 6) is 0.247.